The minimum absolute atomic E-state index is 0.369. The van der Waals surface area contributed by atoms with E-state index in [1.165, 1.54) is 31.2 Å². The van der Waals surface area contributed by atoms with Gasteiger partial charge in [0.05, 0.1) is 18.4 Å². The van der Waals surface area contributed by atoms with Gasteiger partial charge in [0, 0.05) is 30.4 Å². The van der Waals surface area contributed by atoms with Crippen LogP contribution in [0.5, 0.6) is 0 Å². The molecule has 2 aromatic heterocycles. The molecule has 0 spiro atoms. The third-order valence-corrected chi connectivity index (χ3v) is 3.99. The molecule has 0 atom stereocenters. The van der Waals surface area contributed by atoms with Gasteiger partial charge in [0.1, 0.15) is 5.82 Å². The topological polar surface area (TPSA) is 47.7 Å². The van der Waals surface area contributed by atoms with Crippen LogP contribution in [0.25, 0.3) is 0 Å². The van der Waals surface area contributed by atoms with Crippen molar-refractivity contribution in [1.29, 1.82) is 0 Å². The molecule has 1 saturated carbocycles. The summed E-state index contributed by atoms with van der Waals surface area (Å²) in [6, 6.07) is 3.00. The minimum Gasteiger partial charge on any atom is -0.366 e. The normalized spacial score (nSPS) is 16.1. The number of aromatic nitrogens is 4. The molecule has 1 aliphatic rings. The molecule has 2 aromatic rings. The highest BCUT2D eigenvalue weighted by molar-refractivity contribution is 5.35. The van der Waals surface area contributed by atoms with Crippen LogP contribution in [-0.2, 0) is 6.54 Å². The van der Waals surface area contributed by atoms with Crippen molar-refractivity contribution in [2.75, 3.05) is 5.32 Å². The van der Waals surface area contributed by atoms with Crippen LogP contribution in [0.1, 0.15) is 57.2 Å². The fourth-order valence-electron chi connectivity index (χ4n) is 2.90. The monoisotopic (exact) mass is 273 g/mol. The molecule has 20 heavy (non-hydrogen) atoms. The lowest BCUT2D eigenvalue weighted by atomic mass is 10.2. The van der Waals surface area contributed by atoms with E-state index in [1.807, 2.05) is 23.1 Å². The molecule has 0 bridgehead atoms. The van der Waals surface area contributed by atoms with Crippen molar-refractivity contribution in [3.63, 3.8) is 0 Å². The Hall–Kier alpha value is -1.78. The Bertz CT molecular complexity index is 548. The first-order valence-electron chi connectivity index (χ1n) is 7.54. The highest BCUT2D eigenvalue weighted by atomic mass is 15.3. The molecule has 108 valence electrons. The van der Waals surface area contributed by atoms with Crippen molar-refractivity contribution in [2.24, 2.45) is 0 Å². The van der Waals surface area contributed by atoms with Crippen molar-refractivity contribution in [3.8, 4) is 0 Å². The quantitative estimate of drug-likeness (QED) is 0.908. The van der Waals surface area contributed by atoms with Crippen LogP contribution in [0, 0.1) is 0 Å². The van der Waals surface area contributed by atoms with E-state index in [0.29, 0.717) is 12.1 Å². The first kappa shape index (κ1) is 13.2. The van der Waals surface area contributed by atoms with Gasteiger partial charge in [0.25, 0.3) is 0 Å². The zero-order valence-corrected chi connectivity index (χ0v) is 12.3. The van der Waals surface area contributed by atoms with Crippen LogP contribution in [0.3, 0.4) is 0 Å². The maximum absolute atomic E-state index is 4.51. The number of rotatable bonds is 5. The van der Waals surface area contributed by atoms with E-state index in [9.17, 15) is 0 Å². The summed E-state index contributed by atoms with van der Waals surface area (Å²) in [6.45, 7) is 5.07. The molecule has 0 aliphatic heterocycles. The molecule has 0 unspecified atom stereocenters. The molecule has 0 aromatic carbocycles. The lowest BCUT2D eigenvalue weighted by Gasteiger charge is -2.12. The SMILES string of the molecule is CC(C)n1nccc1NCc1cnn(C2CCCC2)c1. The molecule has 1 N–H and O–H groups in total. The second-order valence-electron chi connectivity index (χ2n) is 5.88. The number of nitrogens with zero attached hydrogens (tertiary/aromatic N) is 4. The van der Waals surface area contributed by atoms with Gasteiger partial charge in [-0.15, -0.1) is 0 Å². The molecule has 0 saturated heterocycles. The van der Waals surface area contributed by atoms with Gasteiger partial charge in [-0.25, -0.2) is 4.68 Å². The second kappa shape index (κ2) is 5.69. The van der Waals surface area contributed by atoms with Gasteiger partial charge in [0.15, 0.2) is 0 Å². The Morgan fingerprint density at radius 1 is 1.30 bits per heavy atom. The van der Waals surface area contributed by atoms with Gasteiger partial charge in [-0.05, 0) is 26.7 Å². The van der Waals surface area contributed by atoms with Crippen LogP contribution in [0.4, 0.5) is 5.82 Å². The molecule has 5 nitrogen and oxygen atoms in total. The Labute approximate surface area is 120 Å². The Kier molecular flexibility index (Phi) is 3.76. The maximum Gasteiger partial charge on any atom is 0.124 e. The zero-order chi connectivity index (χ0) is 13.9. The van der Waals surface area contributed by atoms with Crippen molar-refractivity contribution in [3.05, 3.63) is 30.2 Å². The van der Waals surface area contributed by atoms with Crippen LogP contribution in [0.2, 0.25) is 0 Å². The molecule has 2 heterocycles. The number of nitrogens with one attached hydrogen (secondary N) is 1. The van der Waals surface area contributed by atoms with Gasteiger partial charge in [-0.2, -0.15) is 10.2 Å². The first-order valence-corrected chi connectivity index (χ1v) is 7.54. The van der Waals surface area contributed by atoms with Crippen molar-refractivity contribution in [1.82, 2.24) is 19.6 Å². The highest BCUT2D eigenvalue weighted by Gasteiger charge is 2.17. The van der Waals surface area contributed by atoms with E-state index < -0.39 is 0 Å². The molecule has 5 heteroatoms. The fraction of sp³-hybridized carbons (Fsp3) is 0.600. The first-order chi connectivity index (χ1) is 9.74. The lowest BCUT2D eigenvalue weighted by molar-refractivity contribution is 0.466. The summed E-state index contributed by atoms with van der Waals surface area (Å²) in [4.78, 5) is 0. The van der Waals surface area contributed by atoms with Crippen LogP contribution >= 0.6 is 0 Å². The van der Waals surface area contributed by atoms with Gasteiger partial charge >= 0.3 is 0 Å². The summed E-state index contributed by atoms with van der Waals surface area (Å²) in [5, 5.41) is 12.3. The van der Waals surface area contributed by atoms with Crippen molar-refractivity contribution < 1.29 is 0 Å². The average Bonchev–Trinajstić information content (AvgIpc) is 3.16. The Morgan fingerprint density at radius 2 is 2.10 bits per heavy atom. The summed E-state index contributed by atoms with van der Waals surface area (Å²) >= 11 is 0. The van der Waals surface area contributed by atoms with E-state index >= 15 is 0 Å². The van der Waals surface area contributed by atoms with Crippen molar-refractivity contribution in [2.45, 2.75) is 58.2 Å². The third-order valence-electron chi connectivity index (χ3n) is 3.99. The third kappa shape index (κ3) is 2.71. The van der Waals surface area contributed by atoms with Gasteiger partial charge < -0.3 is 5.32 Å². The zero-order valence-electron chi connectivity index (χ0n) is 12.3. The summed E-state index contributed by atoms with van der Waals surface area (Å²) < 4.78 is 4.14. The van der Waals surface area contributed by atoms with E-state index in [-0.39, 0.29) is 0 Å². The van der Waals surface area contributed by atoms with E-state index in [2.05, 4.69) is 40.2 Å². The fourth-order valence-corrected chi connectivity index (χ4v) is 2.90. The summed E-state index contributed by atoms with van der Waals surface area (Å²) in [5.74, 6) is 1.06. The van der Waals surface area contributed by atoms with Gasteiger partial charge in [0.2, 0.25) is 0 Å². The lowest BCUT2D eigenvalue weighted by Crippen LogP contribution is -2.09. The second-order valence-corrected chi connectivity index (χ2v) is 5.88. The predicted molar refractivity (Wildman–Crippen MR) is 79.7 cm³/mol. The summed E-state index contributed by atoms with van der Waals surface area (Å²) in [7, 11) is 0. The highest BCUT2D eigenvalue weighted by Crippen LogP contribution is 2.28. The largest absolute Gasteiger partial charge is 0.366 e. The van der Waals surface area contributed by atoms with E-state index in [4.69, 9.17) is 0 Å². The average molecular weight is 273 g/mol. The van der Waals surface area contributed by atoms with Gasteiger partial charge in [-0.3, -0.25) is 4.68 Å². The van der Waals surface area contributed by atoms with E-state index in [0.717, 1.165) is 12.4 Å². The number of anilines is 1. The Balaban J connectivity index is 1.62. The molecule has 0 radical (unpaired) electrons. The maximum atomic E-state index is 4.51. The summed E-state index contributed by atoms with van der Waals surface area (Å²) in [6.07, 6.45) is 11.2. The molecule has 1 fully saturated rings. The Morgan fingerprint density at radius 3 is 2.85 bits per heavy atom. The minimum atomic E-state index is 0.369. The standard InChI is InChI=1S/C15H23N5/c1-12(2)20-15(7-8-17-20)16-9-13-10-18-19(11-13)14-5-3-4-6-14/h7-8,10-12,14,16H,3-6,9H2,1-2H3. The van der Waals surface area contributed by atoms with Crippen LogP contribution in [-0.4, -0.2) is 19.6 Å². The smallest absolute Gasteiger partial charge is 0.124 e. The van der Waals surface area contributed by atoms with Gasteiger partial charge in [-0.1, -0.05) is 12.8 Å². The van der Waals surface area contributed by atoms with Crippen LogP contribution < -0.4 is 5.32 Å². The predicted octanol–water partition coefficient (Wildman–Crippen LogP) is 3.39. The van der Waals surface area contributed by atoms with E-state index in [1.54, 1.807) is 0 Å². The number of hydrogen-bond acceptors (Lipinski definition) is 3. The summed E-state index contributed by atoms with van der Waals surface area (Å²) in [5.41, 5.74) is 1.23. The van der Waals surface area contributed by atoms with Crippen LogP contribution in [0.15, 0.2) is 24.7 Å². The molecule has 0 amide bonds. The number of hydrogen-bond donors (Lipinski definition) is 1. The van der Waals surface area contributed by atoms with Crippen molar-refractivity contribution >= 4 is 5.82 Å². The molecular weight excluding hydrogens is 250 g/mol. The molecule has 1 aliphatic carbocycles. The molecule has 3 rings (SSSR count). The molecular formula is C15H23N5.